The molecule has 0 aromatic heterocycles. The van der Waals surface area contributed by atoms with E-state index in [2.05, 4.69) is 31.9 Å². The number of nitrogens with one attached hydrogen (secondary N) is 3. The van der Waals surface area contributed by atoms with Gasteiger partial charge in [0.2, 0.25) is 5.91 Å². The minimum Gasteiger partial charge on any atom is -0.459 e. The largest absolute Gasteiger partial charge is 0.459 e. The lowest BCUT2D eigenvalue weighted by Crippen LogP contribution is -2.50. The van der Waals surface area contributed by atoms with E-state index >= 15 is 0 Å². The van der Waals surface area contributed by atoms with Crippen LogP contribution in [0.1, 0.15) is 41.0 Å². The summed E-state index contributed by atoms with van der Waals surface area (Å²) in [5, 5.41) is 7.35. The van der Waals surface area contributed by atoms with Crippen LogP contribution in [0.4, 0.5) is 14.9 Å². The first-order valence-corrected chi connectivity index (χ1v) is 9.69. The molecule has 0 radical (unpaired) electrons. The number of rotatable bonds is 7. The van der Waals surface area contributed by atoms with E-state index in [9.17, 15) is 18.8 Å². The van der Waals surface area contributed by atoms with Crippen molar-refractivity contribution < 1.29 is 23.5 Å². The zero-order valence-corrected chi connectivity index (χ0v) is 18.3. The van der Waals surface area contributed by atoms with Gasteiger partial charge in [0.15, 0.2) is 0 Å². The fraction of sp³-hybridized carbons (Fsp3) is 0.526. The van der Waals surface area contributed by atoms with Crippen molar-refractivity contribution in [3.05, 3.63) is 28.5 Å². The Hall–Kier alpha value is -2.16. The van der Waals surface area contributed by atoms with Gasteiger partial charge in [-0.15, -0.1) is 0 Å². The number of benzene rings is 1. The lowest BCUT2D eigenvalue weighted by molar-refractivity contribution is -0.154. The van der Waals surface area contributed by atoms with Crippen molar-refractivity contribution >= 4 is 39.5 Å². The van der Waals surface area contributed by atoms with Crippen molar-refractivity contribution in [1.82, 2.24) is 10.6 Å². The van der Waals surface area contributed by atoms with Gasteiger partial charge in [-0.3, -0.25) is 9.59 Å². The minimum atomic E-state index is -0.888. The first-order chi connectivity index (χ1) is 12.9. The van der Waals surface area contributed by atoms with Gasteiger partial charge < -0.3 is 20.7 Å². The molecule has 0 spiro atoms. The first kappa shape index (κ1) is 23.9. The summed E-state index contributed by atoms with van der Waals surface area (Å²) in [4.78, 5) is 36.4. The van der Waals surface area contributed by atoms with E-state index in [4.69, 9.17) is 4.74 Å². The second kappa shape index (κ2) is 10.4. The molecule has 0 aliphatic carbocycles. The highest BCUT2D eigenvalue weighted by atomic mass is 79.9. The summed E-state index contributed by atoms with van der Waals surface area (Å²) < 4.78 is 19.5. The number of anilines is 1. The summed E-state index contributed by atoms with van der Waals surface area (Å²) >= 11 is 3.14. The van der Waals surface area contributed by atoms with Gasteiger partial charge in [-0.05, 0) is 51.3 Å². The van der Waals surface area contributed by atoms with Crippen molar-refractivity contribution in [2.45, 2.75) is 52.7 Å². The summed E-state index contributed by atoms with van der Waals surface area (Å²) in [5.41, 5.74) is -0.676. The van der Waals surface area contributed by atoms with Crippen molar-refractivity contribution in [2.75, 3.05) is 11.9 Å². The molecule has 1 aromatic rings. The van der Waals surface area contributed by atoms with Gasteiger partial charge in [0.25, 0.3) is 0 Å². The van der Waals surface area contributed by atoms with E-state index in [1.54, 1.807) is 26.8 Å². The van der Waals surface area contributed by atoms with Crippen LogP contribution in [-0.2, 0) is 14.3 Å². The van der Waals surface area contributed by atoms with Crippen LogP contribution in [0, 0.1) is 11.7 Å². The molecule has 0 saturated carbocycles. The predicted molar refractivity (Wildman–Crippen MR) is 108 cm³/mol. The molecule has 9 heteroatoms. The Morgan fingerprint density at radius 2 is 1.86 bits per heavy atom. The molecule has 156 valence electrons. The average molecular weight is 460 g/mol. The number of hydrogen-bond acceptors (Lipinski definition) is 4. The molecule has 28 heavy (non-hydrogen) atoms. The van der Waals surface area contributed by atoms with Crippen LogP contribution < -0.4 is 16.0 Å². The monoisotopic (exact) mass is 459 g/mol. The Labute approximate surface area is 172 Å². The number of carbonyl (C=O) groups is 3. The molecule has 7 nitrogen and oxygen atoms in total. The van der Waals surface area contributed by atoms with E-state index in [1.165, 1.54) is 12.1 Å². The van der Waals surface area contributed by atoms with Gasteiger partial charge >= 0.3 is 12.0 Å². The molecule has 0 unspecified atom stereocenters. The van der Waals surface area contributed by atoms with E-state index < -0.39 is 35.4 Å². The molecule has 3 amide bonds. The molecule has 3 N–H and O–H groups in total. The van der Waals surface area contributed by atoms with Crippen molar-refractivity contribution in [2.24, 2.45) is 5.92 Å². The Morgan fingerprint density at radius 1 is 1.21 bits per heavy atom. The Morgan fingerprint density at radius 3 is 2.39 bits per heavy atom. The van der Waals surface area contributed by atoms with Gasteiger partial charge in [-0.2, -0.15) is 0 Å². The standard InChI is InChI=1S/C19H27BrFN3O4/c1-11(2)8-15(17(26)22-10-16(25)28-19(3,4)5)24-18(27)23-14-7-6-12(20)9-13(14)21/h6-7,9,11,15H,8,10H2,1-5H3,(H,22,26)(H2,23,24,27)/t15-/m0/s1. The highest BCUT2D eigenvalue weighted by molar-refractivity contribution is 9.10. The lowest BCUT2D eigenvalue weighted by Gasteiger charge is -2.22. The smallest absolute Gasteiger partial charge is 0.325 e. The molecule has 0 aliphatic heterocycles. The quantitative estimate of drug-likeness (QED) is 0.542. The number of esters is 1. The SMILES string of the molecule is CC(C)C[C@H](NC(=O)Nc1ccc(Br)cc1F)C(=O)NCC(=O)OC(C)(C)C. The number of halogens is 2. The third kappa shape index (κ3) is 9.16. The lowest BCUT2D eigenvalue weighted by atomic mass is 10.0. The number of hydrogen-bond donors (Lipinski definition) is 3. The average Bonchev–Trinajstić information content (AvgIpc) is 2.52. The fourth-order valence-electron chi connectivity index (χ4n) is 2.27. The number of urea groups is 1. The molecule has 0 heterocycles. The number of ether oxygens (including phenoxy) is 1. The summed E-state index contributed by atoms with van der Waals surface area (Å²) in [6, 6.07) is 2.59. The summed E-state index contributed by atoms with van der Waals surface area (Å²) in [6.45, 7) is 8.64. The van der Waals surface area contributed by atoms with Crippen LogP contribution in [0.3, 0.4) is 0 Å². The topological polar surface area (TPSA) is 96.5 Å². The van der Waals surface area contributed by atoms with Crippen LogP contribution in [0.2, 0.25) is 0 Å². The highest BCUT2D eigenvalue weighted by Gasteiger charge is 2.24. The van der Waals surface area contributed by atoms with Crippen LogP contribution in [0.15, 0.2) is 22.7 Å². The summed E-state index contributed by atoms with van der Waals surface area (Å²) in [5.74, 6) is -1.61. The molecule has 1 rings (SSSR count). The van der Waals surface area contributed by atoms with Gasteiger partial charge in [-0.1, -0.05) is 29.8 Å². The zero-order valence-electron chi connectivity index (χ0n) is 16.7. The molecular formula is C19H27BrFN3O4. The normalized spacial score (nSPS) is 12.3. The maximum Gasteiger partial charge on any atom is 0.325 e. The predicted octanol–water partition coefficient (Wildman–Crippen LogP) is 3.58. The first-order valence-electron chi connectivity index (χ1n) is 8.89. The second-order valence-corrected chi connectivity index (χ2v) is 8.62. The molecule has 0 fully saturated rings. The van der Waals surface area contributed by atoms with E-state index in [0.29, 0.717) is 10.9 Å². The highest BCUT2D eigenvalue weighted by Crippen LogP contribution is 2.19. The molecule has 1 aromatic carbocycles. The summed E-state index contributed by atoms with van der Waals surface area (Å²) in [7, 11) is 0. The number of carbonyl (C=O) groups excluding carboxylic acids is 3. The van der Waals surface area contributed by atoms with Crippen LogP contribution in [-0.4, -0.2) is 36.1 Å². The molecule has 0 aliphatic rings. The van der Waals surface area contributed by atoms with E-state index in [1.807, 2.05) is 13.8 Å². The second-order valence-electron chi connectivity index (χ2n) is 7.71. The van der Waals surface area contributed by atoms with E-state index in [-0.39, 0.29) is 18.2 Å². The number of amides is 3. The maximum absolute atomic E-state index is 13.9. The van der Waals surface area contributed by atoms with Crippen LogP contribution in [0.25, 0.3) is 0 Å². The van der Waals surface area contributed by atoms with Crippen LogP contribution in [0.5, 0.6) is 0 Å². The minimum absolute atomic E-state index is 0.0156. The third-order valence-electron chi connectivity index (χ3n) is 3.34. The van der Waals surface area contributed by atoms with Crippen LogP contribution >= 0.6 is 15.9 Å². The van der Waals surface area contributed by atoms with Gasteiger partial charge in [0.1, 0.15) is 24.0 Å². The van der Waals surface area contributed by atoms with Gasteiger partial charge in [-0.25, -0.2) is 9.18 Å². The Kier molecular flexibility index (Phi) is 8.87. The maximum atomic E-state index is 13.9. The molecule has 1 atom stereocenters. The third-order valence-corrected chi connectivity index (χ3v) is 3.83. The fourth-order valence-corrected chi connectivity index (χ4v) is 2.60. The molecular weight excluding hydrogens is 433 g/mol. The van der Waals surface area contributed by atoms with Gasteiger partial charge in [0.05, 0.1) is 5.69 Å². The molecule has 0 bridgehead atoms. The summed E-state index contributed by atoms with van der Waals surface area (Å²) in [6.07, 6.45) is 0.344. The van der Waals surface area contributed by atoms with E-state index in [0.717, 1.165) is 0 Å². The van der Waals surface area contributed by atoms with Gasteiger partial charge in [0, 0.05) is 4.47 Å². The Bertz CT molecular complexity index is 720. The van der Waals surface area contributed by atoms with Crippen molar-refractivity contribution in [3.8, 4) is 0 Å². The van der Waals surface area contributed by atoms with Crippen molar-refractivity contribution in [1.29, 1.82) is 0 Å². The van der Waals surface area contributed by atoms with Crippen molar-refractivity contribution in [3.63, 3.8) is 0 Å². The Balaban J connectivity index is 2.69. The molecule has 0 saturated heterocycles. The zero-order chi connectivity index (χ0) is 21.5.